The number of aryl methyl sites for hydroxylation is 1. The molecule has 0 radical (unpaired) electrons. The summed E-state index contributed by atoms with van der Waals surface area (Å²) in [5.74, 6) is 3.23. The first-order valence-corrected chi connectivity index (χ1v) is 7.67. The summed E-state index contributed by atoms with van der Waals surface area (Å²) in [6.45, 7) is 2.08. The van der Waals surface area contributed by atoms with Gasteiger partial charge in [-0.15, -0.1) is 16.6 Å². The van der Waals surface area contributed by atoms with Crippen molar-refractivity contribution < 1.29 is 0 Å². The standard InChI is InChI=1S/C18H14N2S/c1-3-12-21-18-16-7-5-4-6-15(16)17(19-20-18)14-10-8-13(2)9-11-14/h1,4-11H,12H2,2H3. The van der Waals surface area contributed by atoms with Gasteiger partial charge < -0.3 is 0 Å². The molecule has 21 heavy (non-hydrogen) atoms. The third-order valence-electron chi connectivity index (χ3n) is 3.27. The lowest BCUT2D eigenvalue weighted by Crippen LogP contribution is -1.94. The van der Waals surface area contributed by atoms with Crippen molar-refractivity contribution in [1.82, 2.24) is 10.2 Å². The molecule has 0 fully saturated rings. The molecule has 0 saturated carbocycles. The predicted molar refractivity (Wildman–Crippen MR) is 89.3 cm³/mol. The summed E-state index contributed by atoms with van der Waals surface area (Å²) < 4.78 is 0. The normalized spacial score (nSPS) is 10.5. The van der Waals surface area contributed by atoms with Gasteiger partial charge in [0.05, 0.1) is 5.75 Å². The highest BCUT2D eigenvalue weighted by Crippen LogP contribution is 2.31. The van der Waals surface area contributed by atoms with Gasteiger partial charge in [0.2, 0.25) is 0 Å². The Kier molecular flexibility index (Phi) is 3.89. The van der Waals surface area contributed by atoms with Crippen LogP contribution in [0.1, 0.15) is 5.56 Å². The zero-order valence-electron chi connectivity index (χ0n) is 11.7. The minimum Gasteiger partial charge on any atom is -0.149 e. The van der Waals surface area contributed by atoms with Crippen molar-refractivity contribution in [2.45, 2.75) is 11.9 Å². The lowest BCUT2D eigenvalue weighted by atomic mass is 10.0. The second-order valence-electron chi connectivity index (χ2n) is 4.76. The number of rotatable bonds is 3. The molecular formula is C18H14N2S. The fraction of sp³-hybridized carbons (Fsp3) is 0.111. The Labute approximate surface area is 128 Å². The highest BCUT2D eigenvalue weighted by atomic mass is 32.2. The SMILES string of the molecule is C#CCSc1nnc(-c2ccc(C)cc2)c2ccccc12. The topological polar surface area (TPSA) is 25.8 Å². The summed E-state index contributed by atoms with van der Waals surface area (Å²) in [4.78, 5) is 0. The molecule has 102 valence electrons. The van der Waals surface area contributed by atoms with Crippen LogP contribution in [0.5, 0.6) is 0 Å². The van der Waals surface area contributed by atoms with Crippen LogP contribution in [0.2, 0.25) is 0 Å². The first-order valence-electron chi connectivity index (χ1n) is 6.68. The summed E-state index contributed by atoms with van der Waals surface area (Å²) in [6.07, 6.45) is 5.34. The van der Waals surface area contributed by atoms with Gasteiger partial charge in [-0.05, 0) is 6.92 Å². The smallest absolute Gasteiger partial charge is 0.128 e. The van der Waals surface area contributed by atoms with Crippen molar-refractivity contribution in [2.75, 3.05) is 5.75 Å². The molecule has 0 aliphatic carbocycles. The van der Waals surface area contributed by atoms with Crippen LogP contribution >= 0.6 is 11.8 Å². The van der Waals surface area contributed by atoms with E-state index in [2.05, 4.69) is 59.4 Å². The third-order valence-corrected chi connectivity index (χ3v) is 4.16. The summed E-state index contributed by atoms with van der Waals surface area (Å²) >= 11 is 1.55. The van der Waals surface area contributed by atoms with Gasteiger partial charge in [0.15, 0.2) is 0 Å². The van der Waals surface area contributed by atoms with E-state index < -0.39 is 0 Å². The molecule has 0 bridgehead atoms. The van der Waals surface area contributed by atoms with E-state index >= 15 is 0 Å². The first-order chi connectivity index (χ1) is 10.3. The Balaban J connectivity index is 2.17. The molecule has 0 saturated heterocycles. The molecule has 3 aromatic rings. The number of thioether (sulfide) groups is 1. The summed E-state index contributed by atoms with van der Waals surface area (Å²) in [7, 11) is 0. The number of hydrogen-bond acceptors (Lipinski definition) is 3. The minimum atomic E-state index is 0.600. The number of hydrogen-bond donors (Lipinski definition) is 0. The van der Waals surface area contributed by atoms with E-state index in [4.69, 9.17) is 6.42 Å². The molecule has 2 aromatic carbocycles. The monoisotopic (exact) mass is 290 g/mol. The van der Waals surface area contributed by atoms with Gasteiger partial charge in [0.1, 0.15) is 10.7 Å². The molecule has 0 spiro atoms. The van der Waals surface area contributed by atoms with E-state index in [-0.39, 0.29) is 0 Å². The van der Waals surface area contributed by atoms with Gasteiger partial charge >= 0.3 is 0 Å². The van der Waals surface area contributed by atoms with Gasteiger partial charge in [-0.1, -0.05) is 71.8 Å². The Morgan fingerprint density at radius 2 is 1.71 bits per heavy atom. The largest absolute Gasteiger partial charge is 0.149 e. The van der Waals surface area contributed by atoms with Gasteiger partial charge in [0.25, 0.3) is 0 Å². The molecule has 0 unspecified atom stereocenters. The average molecular weight is 290 g/mol. The fourth-order valence-corrected chi connectivity index (χ4v) is 2.87. The second kappa shape index (κ2) is 5.99. The van der Waals surface area contributed by atoms with Crippen molar-refractivity contribution in [1.29, 1.82) is 0 Å². The van der Waals surface area contributed by atoms with E-state index in [9.17, 15) is 0 Å². The lowest BCUT2D eigenvalue weighted by Gasteiger charge is -2.08. The molecule has 1 heterocycles. The van der Waals surface area contributed by atoms with Crippen LogP contribution in [0.25, 0.3) is 22.0 Å². The van der Waals surface area contributed by atoms with Crippen LogP contribution in [-0.2, 0) is 0 Å². The quantitative estimate of drug-likeness (QED) is 0.530. The van der Waals surface area contributed by atoms with Crippen LogP contribution in [0, 0.1) is 19.3 Å². The molecule has 0 amide bonds. The first kappa shape index (κ1) is 13.7. The van der Waals surface area contributed by atoms with Crippen LogP contribution in [-0.4, -0.2) is 16.0 Å². The summed E-state index contributed by atoms with van der Waals surface area (Å²) in [5, 5.41) is 11.9. The van der Waals surface area contributed by atoms with E-state index in [1.54, 1.807) is 11.8 Å². The molecule has 0 atom stereocenters. The number of terminal acetylenes is 1. The second-order valence-corrected chi connectivity index (χ2v) is 5.72. The maximum Gasteiger partial charge on any atom is 0.128 e. The van der Waals surface area contributed by atoms with Gasteiger partial charge in [-0.2, -0.15) is 0 Å². The van der Waals surface area contributed by atoms with Gasteiger partial charge in [-0.25, -0.2) is 0 Å². The molecule has 2 nitrogen and oxygen atoms in total. The molecule has 1 aromatic heterocycles. The van der Waals surface area contributed by atoms with E-state index in [1.807, 2.05) is 12.1 Å². The molecule has 0 N–H and O–H groups in total. The van der Waals surface area contributed by atoms with E-state index in [0.29, 0.717) is 5.75 Å². The molecular weight excluding hydrogens is 276 g/mol. The van der Waals surface area contributed by atoms with Crippen LogP contribution in [0.3, 0.4) is 0 Å². The lowest BCUT2D eigenvalue weighted by molar-refractivity contribution is 0.962. The van der Waals surface area contributed by atoms with Crippen molar-refractivity contribution >= 4 is 22.5 Å². The maximum atomic E-state index is 5.34. The number of benzene rings is 2. The molecule has 3 rings (SSSR count). The Morgan fingerprint density at radius 1 is 1.00 bits per heavy atom. The molecule has 0 aliphatic rings. The van der Waals surface area contributed by atoms with Crippen LogP contribution in [0.4, 0.5) is 0 Å². The Morgan fingerprint density at radius 3 is 2.43 bits per heavy atom. The van der Waals surface area contributed by atoms with Crippen molar-refractivity contribution in [3.8, 4) is 23.6 Å². The number of fused-ring (bicyclic) bond motifs is 1. The minimum absolute atomic E-state index is 0.600. The van der Waals surface area contributed by atoms with Gasteiger partial charge in [0, 0.05) is 16.3 Å². The zero-order chi connectivity index (χ0) is 14.7. The summed E-state index contributed by atoms with van der Waals surface area (Å²) in [5.41, 5.74) is 3.23. The predicted octanol–water partition coefficient (Wildman–Crippen LogP) is 4.33. The van der Waals surface area contributed by atoms with Crippen molar-refractivity contribution in [3.63, 3.8) is 0 Å². The number of nitrogens with zero attached hydrogens (tertiary/aromatic N) is 2. The molecule has 0 aliphatic heterocycles. The zero-order valence-corrected chi connectivity index (χ0v) is 12.5. The number of aromatic nitrogens is 2. The van der Waals surface area contributed by atoms with E-state index in [0.717, 1.165) is 27.1 Å². The van der Waals surface area contributed by atoms with Crippen molar-refractivity contribution in [3.05, 3.63) is 54.1 Å². The summed E-state index contributed by atoms with van der Waals surface area (Å²) in [6, 6.07) is 16.5. The maximum absolute atomic E-state index is 5.34. The average Bonchev–Trinajstić information content (AvgIpc) is 2.53. The molecule has 3 heteroatoms. The van der Waals surface area contributed by atoms with Gasteiger partial charge in [-0.3, -0.25) is 0 Å². The highest BCUT2D eigenvalue weighted by Gasteiger charge is 2.10. The third kappa shape index (κ3) is 2.76. The Hall–Kier alpha value is -2.31. The fourth-order valence-electron chi connectivity index (χ4n) is 2.22. The van der Waals surface area contributed by atoms with Crippen LogP contribution < -0.4 is 0 Å². The Bertz CT molecular complexity index is 817. The van der Waals surface area contributed by atoms with E-state index in [1.165, 1.54) is 5.56 Å². The van der Waals surface area contributed by atoms with Crippen molar-refractivity contribution in [2.24, 2.45) is 0 Å². The van der Waals surface area contributed by atoms with Crippen LogP contribution in [0.15, 0.2) is 53.6 Å². The highest BCUT2D eigenvalue weighted by molar-refractivity contribution is 7.99.